The summed E-state index contributed by atoms with van der Waals surface area (Å²) in [4.78, 5) is 13.3. The number of rotatable bonds is 5. The first-order valence-corrected chi connectivity index (χ1v) is 8.76. The van der Waals surface area contributed by atoms with E-state index >= 15 is 0 Å². The molecule has 0 aliphatic carbocycles. The number of aromatic nitrogens is 4. The van der Waals surface area contributed by atoms with Gasteiger partial charge >= 0.3 is 0 Å². The van der Waals surface area contributed by atoms with E-state index in [0.717, 1.165) is 37.6 Å². The zero-order valence-electron chi connectivity index (χ0n) is 14.5. The largest absolute Gasteiger partial charge is 0.368 e. The molecule has 4 rings (SSSR count). The van der Waals surface area contributed by atoms with Crippen molar-refractivity contribution in [2.24, 2.45) is 0 Å². The van der Waals surface area contributed by atoms with Crippen LogP contribution in [0.2, 0.25) is 0 Å². The summed E-state index contributed by atoms with van der Waals surface area (Å²) in [6.45, 7) is 4.31. The number of nitrogens with one attached hydrogen (secondary N) is 1. The topological polar surface area (TPSA) is 70.1 Å². The number of benzene rings is 1. The third-order valence-corrected chi connectivity index (χ3v) is 4.43. The van der Waals surface area contributed by atoms with Crippen LogP contribution in [-0.4, -0.2) is 46.3 Å². The van der Waals surface area contributed by atoms with Crippen LogP contribution in [0.3, 0.4) is 0 Å². The molecule has 1 aliphatic heterocycles. The van der Waals surface area contributed by atoms with E-state index in [9.17, 15) is 0 Å². The number of piperazine rings is 1. The molecule has 0 spiro atoms. The van der Waals surface area contributed by atoms with E-state index in [2.05, 4.69) is 59.5 Å². The Bertz CT molecular complexity index is 818. The first kappa shape index (κ1) is 16.3. The van der Waals surface area contributed by atoms with Gasteiger partial charge in [0.15, 0.2) is 5.82 Å². The molecule has 0 bridgehead atoms. The van der Waals surface area contributed by atoms with Gasteiger partial charge in [-0.15, -0.1) is 5.10 Å². The van der Waals surface area contributed by atoms with Crippen LogP contribution < -0.4 is 15.1 Å². The highest BCUT2D eigenvalue weighted by molar-refractivity contribution is 5.48. The monoisotopic (exact) mass is 347 g/mol. The third-order valence-electron chi connectivity index (χ3n) is 4.43. The van der Waals surface area contributed by atoms with Crippen LogP contribution in [0.1, 0.15) is 5.56 Å². The van der Waals surface area contributed by atoms with Crippen LogP contribution >= 0.6 is 0 Å². The number of hydrogen-bond donors (Lipinski definition) is 1. The first-order chi connectivity index (χ1) is 12.9. The highest BCUT2D eigenvalue weighted by atomic mass is 15.4. The summed E-state index contributed by atoms with van der Waals surface area (Å²) in [5.41, 5.74) is 2.36. The quantitative estimate of drug-likeness (QED) is 0.759. The number of anilines is 3. The van der Waals surface area contributed by atoms with Gasteiger partial charge in [-0.2, -0.15) is 10.1 Å². The summed E-state index contributed by atoms with van der Waals surface area (Å²) in [5, 5.41) is 11.6. The Hall–Kier alpha value is -3.22. The minimum absolute atomic E-state index is 0.660. The molecule has 2 aromatic heterocycles. The summed E-state index contributed by atoms with van der Waals surface area (Å²) >= 11 is 0. The van der Waals surface area contributed by atoms with Crippen LogP contribution in [0.4, 0.5) is 17.5 Å². The van der Waals surface area contributed by atoms with Crippen molar-refractivity contribution in [3.8, 4) is 0 Å². The number of pyridine rings is 1. The lowest BCUT2D eigenvalue weighted by molar-refractivity contribution is 0.635. The molecule has 3 aromatic rings. The van der Waals surface area contributed by atoms with E-state index in [1.165, 1.54) is 5.69 Å². The molecule has 7 nitrogen and oxygen atoms in total. The van der Waals surface area contributed by atoms with Gasteiger partial charge in [-0.05, 0) is 23.8 Å². The van der Waals surface area contributed by atoms with Crippen molar-refractivity contribution in [3.05, 3.63) is 66.6 Å². The molecule has 0 unspecified atom stereocenters. The fourth-order valence-electron chi connectivity index (χ4n) is 3.01. The predicted molar refractivity (Wildman–Crippen MR) is 102 cm³/mol. The second-order valence-electron chi connectivity index (χ2n) is 6.17. The Kier molecular flexibility index (Phi) is 4.86. The van der Waals surface area contributed by atoms with Gasteiger partial charge in [0.2, 0.25) is 5.95 Å². The molecule has 26 heavy (non-hydrogen) atoms. The standard InChI is InChI=1S/C19H21N7/c1-2-6-17(7-3-1)25-9-11-26(12-10-25)19-23-18(15-22-24-19)21-14-16-5-4-8-20-13-16/h1-8,13,15H,9-12,14H2,(H,21,23,24). The Balaban J connectivity index is 1.36. The van der Waals surface area contributed by atoms with Gasteiger partial charge in [0.25, 0.3) is 0 Å². The van der Waals surface area contributed by atoms with Crippen molar-refractivity contribution < 1.29 is 0 Å². The van der Waals surface area contributed by atoms with Gasteiger partial charge in [-0.1, -0.05) is 24.3 Å². The third kappa shape index (κ3) is 3.88. The van der Waals surface area contributed by atoms with E-state index < -0.39 is 0 Å². The zero-order chi connectivity index (χ0) is 17.6. The fourth-order valence-corrected chi connectivity index (χ4v) is 3.01. The number of nitrogens with zero attached hydrogens (tertiary/aromatic N) is 6. The van der Waals surface area contributed by atoms with Crippen molar-refractivity contribution in [2.45, 2.75) is 6.54 Å². The Morgan fingerprint density at radius 3 is 2.46 bits per heavy atom. The molecule has 132 valence electrons. The first-order valence-electron chi connectivity index (χ1n) is 8.76. The maximum atomic E-state index is 4.61. The molecule has 1 fully saturated rings. The lowest BCUT2D eigenvalue weighted by Crippen LogP contribution is -2.47. The lowest BCUT2D eigenvalue weighted by atomic mass is 10.2. The minimum Gasteiger partial charge on any atom is -0.368 e. The van der Waals surface area contributed by atoms with Crippen LogP contribution in [0.5, 0.6) is 0 Å². The Morgan fingerprint density at radius 2 is 1.69 bits per heavy atom. The van der Waals surface area contributed by atoms with Crippen molar-refractivity contribution in [1.29, 1.82) is 0 Å². The van der Waals surface area contributed by atoms with Crippen LogP contribution in [0, 0.1) is 0 Å². The van der Waals surface area contributed by atoms with Gasteiger partial charge < -0.3 is 15.1 Å². The smallest absolute Gasteiger partial charge is 0.247 e. The molecule has 0 amide bonds. The van der Waals surface area contributed by atoms with Gasteiger partial charge in [0, 0.05) is 50.8 Å². The molecule has 1 aromatic carbocycles. The second kappa shape index (κ2) is 7.77. The fraction of sp³-hybridized carbons (Fsp3) is 0.263. The minimum atomic E-state index is 0.660. The number of para-hydroxylation sites is 1. The summed E-state index contributed by atoms with van der Waals surface area (Å²) in [6, 6.07) is 14.4. The molecular weight excluding hydrogens is 326 g/mol. The van der Waals surface area contributed by atoms with Crippen LogP contribution in [0.15, 0.2) is 61.1 Å². The van der Waals surface area contributed by atoms with Gasteiger partial charge in [0.05, 0.1) is 6.20 Å². The Morgan fingerprint density at radius 1 is 0.885 bits per heavy atom. The molecule has 1 saturated heterocycles. The van der Waals surface area contributed by atoms with E-state index in [1.54, 1.807) is 12.4 Å². The summed E-state index contributed by atoms with van der Waals surface area (Å²) in [5.74, 6) is 1.40. The van der Waals surface area contributed by atoms with Gasteiger partial charge in [-0.25, -0.2) is 0 Å². The maximum absolute atomic E-state index is 4.61. The molecule has 0 atom stereocenters. The van der Waals surface area contributed by atoms with Crippen molar-refractivity contribution in [3.63, 3.8) is 0 Å². The molecule has 7 heteroatoms. The predicted octanol–water partition coefficient (Wildman–Crippen LogP) is 2.21. The SMILES string of the molecule is c1ccc(N2CCN(c3nncc(NCc4cccnc4)n3)CC2)cc1. The second-order valence-corrected chi connectivity index (χ2v) is 6.17. The average molecular weight is 347 g/mol. The van der Waals surface area contributed by atoms with Crippen LogP contribution in [0.25, 0.3) is 0 Å². The van der Waals surface area contributed by atoms with E-state index in [1.807, 2.05) is 24.4 Å². The van der Waals surface area contributed by atoms with E-state index in [4.69, 9.17) is 0 Å². The maximum Gasteiger partial charge on any atom is 0.247 e. The summed E-state index contributed by atoms with van der Waals surface area (Å²) < 4.78 is 0. The van der Waals surface area contributed by atoms with Crippen molar-refractivity contribution >= 4 is 17.5 Å². The zero-order valence-corrected chi connectivity index (χ0v) is 14.5. The summed E-state index contributed by atoms with van der Waals surface area (Å²) in [7, 11) is 0. The molecular formula is C19H21N7. The molecule has 1 N–H and O–H groups in total. The molecule has 0 saturated carbocycles. The van der Waals surface area contributed by atoms with Crippen molar-refractivity contribution in [1.82, 2.24) is 20.2 Å². The number of hydrogen-bond acceptors (Lipinski definition) is 7. The Labute approximate surface area is 152 Å². The highest BCUT2D eigenvalue weighted by Gasteiger charge is 2.19. The molecule has 3 heterocycles. The van der Waals surface area contributed by atoms with E-state index in [0.29, 0.717) is 12.5 Å². The lowest BCUT2D eigenvalue weighted by Gasteiger charge is -2.35. The molecule has 0 radical (unpaired) electrons. The highest BCUT2D eigenvalue weighted by Crippen LogP contribution is 2.18. The van der Waals surface area contributed by atoms with Gasteiger partial charge in [0.1, 0.15) is 0 Å². The normalized spacial score (nSPS) is 14.3. The van der Waals surface area contributed by atoms with Crippen LogP contribution in [-0.2, 0) is 6.54 Å². The molecule has 1 aliphatic rings. The average Bonchev–Trinajstić information content (AvgIpc) is 2.74. The summed E-state index contributed by atoms with van der Waals surface area (Å²) in [6.07, 6.45) is 5.26. The van der Waals surface area contributed by atoms with Gasteiger partial charge in [-0.3, -0.25) is 4.98 Å². The van der Waals surface area contributed by atoms with Crippen molar-refractivity contribution in [2.75, 3.05) is 41.3 Å². The van der Waals surface area contributed by atoms with E-state index in [-0.39, 0.29) is 0 Å².